The minimum atomic E-state index is -0.167. The topological polar surface area (TPSA) is 36.3 Å². The van der Waals surface area contributed by atoms with Crippen LogP contribution in [-0.2, 0) is 18.4 Å². The Hall–Kier alpha value is -8.19. The van der Waals surface area contributed by atoms with E-state index >= 15 is 0 Å². The van der Waals surface area contributed by atoms with Gasteiger partial charge in [-0.2, -0.15) is 5.26 Å². The van der Waals surface area contributed by atoms with Crippen LogP contribution < -0.4 is 9.64 Å². The molecule has 0 atom stereocenters. The third-order valence-electron chi connectivity index (χ3n) is 14.8. The molecular weight excluding hydrogens is 909 g/mol. The molecule has 0 amide bonds. The van der Waals surface area contributed by atoms with Gasteiger partial charge in [-0.1, -0.05) is 218 Å². The van der Waals surface area contributed by atoms with Crippen LogP contribution in [0, 0.1) is 32.1 Å². The van der Waals surface area contributed by atoms with Gasteiger partial charge in [0.2, 0.25) is 0 Å². The molecule has 0 aromatic heterocycles. The fourth-order valence-electron chi connectivity index (χ4n) is 10.9. The smallest absolute Gasteiger partial charge is 0.129 e. The molecule has 2 aliphatic rings. The summed E-state index contributed by atoms with van der Waals surface area (Å²) in [6.45, 7) is 28.5. The van der Waals surface area contributed by atoms with Crippen molar-refractivity contribution in [3.63, 3.8) is 0 Å². The summed E-state index contributed by atoms with van der Waals surface area (Å²) in [5, 5.41) is 11.0. The maximum Gasteiger partial charge on any atom is 0.129 e. The summed E-state index contributed by atoms with van der Waals surface area (Å²) < 4.78 is 6.50. The molecule has 0 bridgehead atoms. The standard InChI is InChI=1S/C49H43NO.C12H14.C9H9N.C2H6/c1-30(2)34-16-9-10-18-37(34)35-21-13-22-43(32(35)4)50(44-23-14-24-46-48(44)36-17-8-7-15-33(36)29-51-46)45-28-42-47(39-20-12-11-19-38(39)45)40-26-25-31(3)27-41(40)49(42,5)6;1-4-7-12-10(3)8-6-9-11(12)5-2;1-2-8-3-5-9(7-10)6-4-8;1-2/h7-28,30H,29H2,1-6H3;4-9H,2H2,1,3H3;3-6H,2H2,1H3;1-2H3/b;7-4-;;. The van der Waals surface area contributed by atoms with E-state index in [2.05, 4.69) is 237 Å². The van der Waals surface area contributed by atoms with Gasteiger partial charge in [-0.15, -0.1) is 0 Å². The molecule has 11 rings (SSSR count). The van der Waals surface area contributed by atoms with E-state index in [1.54, 1.807) is 0 Å². The summed E-state index contributed by atoms with van der Waals surface area (Å²) >= 11 is 0. The van der Waals surface area contributed by atoms with Crippen molar-refractivity contribution in [2.45, 2.75) is 101 Å². The molecule has 0 N–H and O–H groups in total. The third kappa shape index (κ3) is 10.5. The van der Waals surface area contributed by atoms with E-state index in [-0.39, 0.29) is 5.41 Å². The normalized spacial score (nSPS) is 12.3. The van der Waals surface area contributed by atoms with Crippen LogP contribution in [0.15, 0.2) is 189 Å². The molecule has 0 saturated carbocycles. The first-order chi connectivity index (χ1) is 36.4. The predicted octanol–water partition coefficient (Wildman–Crippen LogP) is 20.4. The van der Waals surface area contributed by atoms with Crippen molar-refractivity contribution in [2.24, 2.45) is 0 Å². The Balaban J connectivity index is 0.000000257. The number of benzene rings is 9. The van der Waals surface area contributed by atoms with Crippen molar-refractivity contribution in [3.8, 4) is 45.2 Å². The maximum absolute atomic E-state index is 8.45. The lowest BCUT2D eigenvalue weighted by molar-refractivity contribution is 0.302. The highest BCUT2D eigenvalue weighted by molar-refractivity contribution is 6.11. The summed E-state index contributed by atoms with van der Waals surface area (Å²) in [4.78, 5) is 2.54. The van der Waals surface area contributed by atoms with Gasteiger partial charge in [0, 0.05) is 22.1 Å². The zero-order valence-electron chi connectivity index (χ0n) is 46.0. The number of anilines is 3. The first-order valence-corrected chi connectivity index (χ1v) is 26.7. The van der Waals surface area contributed by atoms with Gasteiger partial charge >= 0.3 is 0 Å². The minimum absolute atomic E-state index is 0.167. The van der Waals surface area contributed by atoms with Crippen LogP contribution in [0.4, 0.5) is 17.1 Å². The second-order valence-corrected chi connectivity index (χ2v) is 20.1. The SMILES string of the molecule is C=Cc1cccc(C)c1/C=C\C.CC.CCc1ccc(C#N)cc1.Cc1ccc2c(c1)C(C)(C)c1cc(N(c3cccc(-c4ccccc4C(C)C)c3C)c3cccc4c3-c3ccccc3CO4)c3ccccc3c1-2. The van der Waals surface area contributed by atoms with Gasteiger partial charge in [0.1, 0.15) is 12.4 Å². The highest BCUT2D eigenvalue weighted by Crippen LogP contribution is 2.57. The van der Waals surface area contributed by atoms with Gasteiger partial charge in [-0.3, -0.25) is 0 Å². The Kier molecular flexibility index (Phi) is 16.5. The molecule has 0 unspecified atom stereocenters. The number of nitrogens with zero attached hydrogens (tertiary/aromatic N) is 2. The Morgan fingerprint density at radius 3 is 2.01 bits per heavy atom. The lowest BCUT2D eigenvalue weighted by atomic mass is 9.81. The second kappa shape index (κ2) is 23.3. The molecule has 1 aliphatic carbocycles. The molecule has 1 aliphatic heterocycles. The molecule has 0 radical (unpaired) electrons. The molecular formula is C72H72N2O. The van der Waals surface area contributed by atoms with E-state index < -0.39 is 0 Å². The Morgan fingerprint density at radius 1 is 0.653 bits per heavy atom. The highest BCUT2D eigenvalue weighted by atomic mass is 16.5. The predicted molar refractivity (Wildman–Crippen MR) is 323 cm³/mol. The summed E-state index contributed by atoms with van der Waals surface area (Å²) in [5.74, 6) is 1.33. The lowest BCUT2D eigenvalue weighted by Crippen LogP contribution is -2.18. The van der Waals surface area contributed by atoms with Gasteiger partial charge in [-0.05, 0) is 160 Å². The first kappa shape index (κ1) is 53.1. The number of rotatable bonds is 8. The van der Waals surface area contributed by atoms with Gasteiger partial charge in [0.05, 0.1) is 23.0 Å². The van der Waals surface area contributed by atoms with Crippen molar-refractivity contribution >= 4 is 40.0 Å². The van der Waals surface area contributed by atoms with Gasteiger partial charge in [0.15, 0.2) is 0 Å². The van der Waals surface area contributed by atoms with E-state index in [4.69, 9.17) is 10.00 Å². The van der Waals surface area contributed by atoms with E-state index in [1.165, 1.54) is 99.9 Å². The van der Waals surface area contributed by atoms with E-state index in [0.29, 0.717) is 12.5 Å². The van der Waals surface area contributed by atoms with Crippen molar-refractivity contribution < 1.29 is 4.74 Å². The van der Waals surface area contributed by atoms with Gasteiger partial charge < -0.3 is 9.64 Å². The van der Waals surface area contributed by atoms with Crippen molar-refractivity contribution in [1.29, 1.82) is 5.26 Å². The van der Waals surface area contributed by atoms with E-state index in [1.807, 2.05) is 51.1 Å². The monoisotopic (exact) mass is 981 g/mol. The molecule has 0 saturated heterocycles. The van der Waals surface area contributed by atoms with Crippen LogP contribution >= 0.6 is 0 Å². The fraction of sp³-hybridized carbons (Fsp3) is 0.208. The van der Waals surface area contributed by atoms with Crippen molar-refractivity contribution in [1.82, 2.24) is 0 Å². The Bertz CT molecular complexity index is 3580. The van der Waals surface area contributed by atoms with Crippen LogP contribution in [0.1, 0.15) is 123 Å². The van der Waals surface area contributed by atoms with Crippen LogP contribution in [-0.4, -0.2) is 0 Å². The molecule has 0 spiro atoms. The molecule has 1 heterocycles. The van der Waals surface area contributed by atoms with Crippen molar-refractivity contribution in [3.05, 3.63) is 250 Å². The first-order valence-electron chi connectivity index (χ1n) is 26.7. The van der Waals surface area contributed by atoms with Crippen molar-refractivity contribution in [2.75, 3.05) is 4.90 Å². The lowest BCUT2D eigenvalue weighted by Gasteiger charge is -2.34. The fourth-order valence-corrected chi connectivity index (χ4v) is 10.9. The summed E-state index contributed by atoms with van der Waals surface area (Å²) in [6.07, 6.45) is 7.09. The number of allylic oxidation sites excluding steroid dienone is 1. The summed E-state index contributed by atoms with van der Waals surface area (Å²) in [5.41, 5.74) is 24.6. The van der Waals surface area contributed by atoms with Crippen LogP contribution in [0.2, 0.25) is 0 Å². The number of ether oxygens (including phenoxy) is 1. The third-order valence-corrected chi connectivity index (χ3v) is 14.8. The molecule has 9 aromatic rings. The molecule has 9 aromatic carbocycles. The quantitative estimate of drug-likeness (QED) is 0.152. The van der Waals surface area contributed by atoms with Crippen LogP contribution in [0.3, 0.4) is 0 Å². The number of hydrogen-bond donors (Lipinski definition) is 0. The average molecular weight is 981 g/mol. The second-order valence-electron chi connectivity index (χ2n) is 20.1. The highest BCUT2D eigenvalue weighted by Gasteiger charge is 2.38. The summed E-state index contributed by atoms with van der Waals surface area (Å²) in [6, 6.07) is 65.5. The summed E-state index contributed by atoms with van der Waals surface area (Å²) in [7, 11) is 0. The molecule has 3 heteroatoms. The molecule has 3 nitrogen and oxygen atoms in total. The number of fused-ring (bicyclic) bond motifs is 8. The number of hydrogen-bond acceptors (Lipinski definition) is 3. The Labute approximate surface area is 448 Å². The van der Waals surface area contributed by atoms with Gasteiger partial charge in [0.25, 0.3) is 0 Å². The number of nitriles is 1. The molecule has 75 heavy (non-hydrogen) atoms. The largest absolute Gasteiger partial charge is 0.488 e. The van der Waals surface area contributed by atoms with Crippen LogP contribution in [0.25, 0.3) is 56.3 Å². The van der Waals surface area contributed by atoms with E-state index in [0.717, 1.165) is 34.7 Å². The molecule has 376 valence electrons. The van der Waals surface area contributed by atoms with Crippen LogP contribution in [0.5, 0.6) is 5.75 Å². The molecule has 0 fully saturated rings. The zero-order chi connectivity index (χ0) is 53.4. The maximum atomic E-state index is 8.45. The minimum Gasteiger partial charge on any atom is -0.488 e. The average Bonchev–Trinajstić information content (AvgIpc) is 3.69. The Morgan fingerprint density at radius 2 is 1.31 bits per heavy atom. The van der Waals surface area contributed by atoms with E-state index in [9.17, 15) is 0 Å². The van der Waals surface area contributed by atoms with Gasteiger partial charge in [-0.25, -0.2) is 0 Å². The number of aryl methyl sites for hydroxylation is 3. The zero-order valence-corrected chi connectivity index (χ0v) is 46.0.